The molecule has 2 aromatic carbocycles. The van der Waals surface area contributed by atoms with Gasteiger partial charge in [-0.15, -0.1) is 11.8 Å². The summed E-state index contributed by atoms with van der Waals surface area (Å²) in [5.41, 5.74) is 1.71. The molecule has 1 fully saturated rings. The summed E-state index contributed by atoms with van der Waals surface area (Å²) in [7, 11) is 0. The van der Waals surface area contributed by atoms with E-state index in [9.17, 15) is 18.8 Å². The van der Waals surface area contributed by atoms with Crippen molar-refractivity contribution in [2.24, 2.45) is 0 Å². The van der Waals surface area contributed by atoms with Crippen LogP contribution in [0.1, 0.15) is 33.8 Å². The number of rotatable bonds is 5. The molecule has 3 atom stereocenters. The largest absolute Gasteiger partial charge is 0.350 e. The molecule has 0 unspecified atom stereocenters. The molecule has 1 saturated heterocycles. The minimum atomic E-state index is -0.854. The van der Waals surface area contributed by atoms with Crippen molar-refractivity contribution >= 4 is 41.1 Å². The fourth-order valence-corrected chi connectivity index (χ4v) is 5.34. The van der Waals surface area contributed by atoms with Crippen LogP contribution >= 0.6 is 23.4 Å². The van der Waals surface area contributed by atoms with Crippen LogP contribution in [0.15, 0.2) is 42.5 Å². The number of nitrogens with zero attached hydrogens (tertiary/aromatic N) is 1. The van der Waals surface area contributed by atoms with Crippen molar-refractivity contribution in [1.82, 2.24) is 15.5 Å². The molecule has 0 radical (unpaired) electrons. The lowest BCUT2D eigenvalue weighted by Gasteiger charge is -2.24. The van der Waals surface area contributed by atoms with Gasteiger partial charge in [-0.1, -0.05) is 35.9 Å². The molecule has 6 nitrogen and oxygen atoms in total. The van der Waals surface area contributed by atoms with Gasteiger partial charge < -0.3 is 15.5 Å². The molecule has 9 heteroatoms. The summed E-state index contributed by atoms with van der Waals surface area (Å²) in [6, 6.07) is 10.1. The van der Waals surface area contributed by atoms with Gasteiger partial charge in [-0.25, -0.2) is 4.39 Å². The van der Waals surface area contributed by atoms with Crippen molar-refractivity contribution in [1.29, 1.82) is 0 Å². The fraction of sp³-hybridized carbons (Fsp3) is 0.286. The van der Waals surface area contributed by atoms with E-state index in [-0.39, 0.29) is 28.4 Å². The molecule has 0 saturated carbocycles. The highest BCUT2D eigenvalue weighted by Crippen LogP contribution is 2.48. The quantitative estimate of drug-likeness (QED) is 0.738. The molecular formula is C21H19ClFN3O3S. The van der Waals surface area contributed by atoms with Crippen LogP contribution < -0.4 is 10.6 Å². The molecule has 2 N–H and O–H groups in total. The first kappa shape index (κ1) is 20.7. The Balaban J connectivity index is 1.37. The number of carbonyl (C=O) groups excluding carboxylic acids is 3. The molecule has 30 heavy (non-hydrogen) atoms. The van der Waals surface area contributed by atoms with Gasteiger partial charge >= 0.3 is 0 Å². The zero-order valence-corrected chi connectivity index (χ0v) is 17.6. The predicted molar refractivity (Wildman–Crippen MR) is 112 cm³/mol. The van der Waals surface area contributed by atoms with E-state index in [4.69, 9.17) is 11.6 Å². The normalized spacial score (nSPS) is 20.5. The highest BCUT2D eigenvalue weighted by molar-refractivity contribution is 7.99. The van der Waals surface area contributed by atoms with E-state index in [1.807, 2.05) is 12.1 Å². The second-order valence-corrected chi connectivity index (χ2v) is 8.67. The Morgan fingerprint density at radius 1 is 1.27 bits per heavy atom. The van der Waals surface area contributed by atoms with Gasteiger partial charge in [0.1, 0.15) is 23.3 Å². The smallest absolute Gasteiger partial charge is 0.256 e. The average Bonchev–Trinajstić information content (AvgIpc) is 3.28. The van der Waals surface area contributed by atoms with E-state index in [2.05, 4.69) is 10.6 Å². The summed E-state index contributed by atoms with van der Waals surface area (Å²) in [4.78, 5) is 39.5. The Labute approximate surface area is 182 Å². The molecule has 2 aliphatic heterocycles. The zero-order valence-electron chi connectivity index (χ0n) is 16.0. The van der Waals surface area contributed by atoms with Gasteiger partial charge in [-0.2, -0.15) is 0 Å². The molecule has 156 valence electrons. The Bertz CT molecular complexity index is 1010. The number of nitrogens with one attached hydrogen (secondary N) is 2. The van der Waals surface area contributed by atoms with E-state index in [1.165, 1.54) is 36.9 Å². The predicted octanol–water partition coefficient (Wildman–Crippen LogP) is 2.87. The average molecular weight is 448 g/mol. The second kappa shape index (κ2) is 8.28. The summed E-state index contributed by atoms with van der Waals surface area (Å²) >= 11 is 7.50. The van der Waals surface area contributed by atoms with Crippen LogP contribution in [0.3, 0.4) is 0 Å². The monoisotopic (exact) mass is 447 g/mol. The first-order valence-electron chi connectivity index (χ1n) is 9.42. The zero-order chi connectivity index (χ0) is 21.4. The molecule has 2 aromatic rings. The molecular weight excluding hydrogens is 429 g/mol. The Morgan fingerprint density at radius 3 is 2.80 bits per heavy atom. The van der Waals surface area contributed by atoms with Gasteiger partial charge in [0.25, 0.3) is 5.91 Å². The number of halogens is 2. The van der Waals surface area contributed by atoms with Crippen LogP contribution in [-0.2, 0) is 16.1 Å². The molecule has 0 aromatic heterocycles. The second-order valence-electron chi connectivity index (χ2n) is 7.15. The number of hydrogen-bond acceptors (Lipinski definition) is 4. The molecule has 0 spiro atoms. The Kier molecular flexibility index (Phi) is 5.71. The van der Waals surface area contributed by atoms with Gasteiger partial charge in [-0.3, -0.25) is 14.4 Å². The van der Waals surface area contributed by atoms with Gasteiger partial charge in [0.15, 0.2) is 0 Å². The molecule has 3 amide bonds. The van der Waals surface area contributed by atoms with Crippen molar-refractivity contribution in [2.75, 3.05) is 5.75 Å². The van der Waals surface area contributed by atoms with Crippen LogP contribution in [-0.4, -0.2) is 40.5 Å². The molecule has 4 rings (SSSR count). The lowest BCUT2D eigenvalue weighted by atomic mass is 10.1. The summed E-state index contributed by atoms with van der Waals surface area (Å²) in [6.07, 6.45) is 0. The third-order valence-electron chi connectivity index (χ3n) is 5.25. The number of thioether (sulfide) groups is 1. The van der Waals surface area contributed by atoms with Crippen molar-refractivity contribution < 1.29 is 18.8 Å². The number of fused-ring (bicyclic) bond motifs is 3. The number of benzene rings is 2. The number of amides is 3. The highest BCUT2D eigenvalue weighted by Gasteiger charge is 2.48. The SMILES string of the molecule is C[C@H](NC(=O)[C@@H]1CS[C@@H]2c3ccccc3C(=O)N21)C(=O)NCc1c(F)cccc1Cl. The number of carbonyl (C=O) groups is 3. The van der Waals surface area contributed by atoms with Crippen LogP contribution in [0.5, 0.6) is 0 Å². The van der Waals surface area contributed by atoms with E-state index in [1.54, 1.807) is 17.0 Å². The lowest BCUT2D eigenvalue weighted by molar-refractivity contribution is -0.130. The molecule has 2 aliphatic rings. The van der Waals surface area contributed by atoms with Crippen molar-refractivity contribution in [3.63, 3.8) is 0 Å². The first-order valence-corrected chi connectivity index (χ1v) is 10.9. The minimum Gasteiger partial charge on any atom is -0.350 e. The maximum atomic E-state index is 13.8. The van der Waals surface area contributed by atoms with Gasteiger partial charge in [-0.05, 0) is 30.7 Å². The van der Waals surface area contributed by atoms with Crippen LogP contribution in [0.2, 0.25) is 5.02 Å². The summed E-state index contributed by atoms with van der Waals surface area (Å²) in [5, 5.41) is 5.28. The van der Waals surface area contributed by atoms with Crippen LogP contribution in [0.4, 0.5) is 4.39 Å². The van der Waals surface area contributed by atoms with Crippen LogP contribution in [0, 0.1) is 5.82 Å². The first-order chi connectivity index (χ1) is 14.4. The van der Waals surface area contributed by atoms with Gasteiger partial charge in [0.05, 0.1) is 0 Å². The molecule has 0 bridgehead atoms. The third kappa shape index (κ3) is 3.65. The highest BCUT2D eigenvalue weighted by atomic mass is 35.5. The van der Waals surface area contributed by atoms with Crippen molar-refractivity contribution in [3.8, 4) is 0 Å². The van der Waals surface area contributed by atoms with Gasteiger partial charge in [0.2, 0.25) is 11.8 Å². The van der Waals surface area contributed by atoms with Crippen molar-refractivity contribution in [2.45, 2.75) is 30.9 Å². The van der Waals surface area contributed by atoms with Crippen molar-refractivity contribution in [3.05, 3.63) is 70.0 Å². The fourth-order valence-electron chi connectivity index (χ4n) is 3.65. The van der Waals surface area contributed by atoms with Crippen LogP contribution in [0.25, 0.3) is 0 Å². The molecule has 0 aliphatic carbocycles. The van der Waals surface area contributed by atoms with E-state index in [0.29, 0.717) is 11.3 Å². The van der Waals surface area contributed by atoms with E-state index >= 15 is 0 Å². The maximum absolute atomic E-state index is 13.8. The topological polar surface area (TPSA) is 78.5 Å². The Morgan fingerprint density at radius 2 is 2.03 bits per heavy atom. The standard InChI is InChI=1S/C21H19ClFN3O3S/c1-11(18(27)24-9-14-15(22)7-4-8-16(14)23)25-19(28)17-10-30-21-13-6-3-2-5-12(13)20(29)26(17)21/h2-8,11,17,21H,9-10H2,1H3,(H,24,27)(H,25,28)/t11-,17-,21+/m0/s1. The summed E-state index contributed by atoms with van der Waals surface area (Å²) in [6.45, 7) is 1.45. The van der Waals surface area contributed by atoms with E-state index in [0.717, 1.165) is 5.56 Å². The third-order valence-corrected chi connectivity index (χ3v) is 6.91. The maximum Gasteiger partial charge on any atom is 0.256 e. The lowest BCUT2D eigenvalue weighted by Crippen LogP contribution is -2.52. The summed E-state index contributed by atoms with van der Waals surface area (Å²) in [5.74, 6) is -1.10. The number of hydrogen-bond donors (Lipinski definition) is 2. The Hall–Kier alpha value is -2.58. The minimum absolute atomic E-state index is 0.0914. The van der Waals surface area contributed by atoms with E-state index < -0.39 is 29.7 Å². The molecule has 2 heterocycles. The van der Waals surface area contributed by atoms with Gasteiger partial charge in [0, 0.05) is 28.4 Å². The summed E-state index contributed by atoms with van der Waals surface area (Å²) < 4.78 is 13.8.